The predicted molar refractivity (Wildman–Crippen MR) is 80.4 cm³/mol. The Balaban J connectivity index is 2.17. The van der Waals surface area contributed by atoms with Gasteiger partial charge in [-0.05, 0) is 43.9 Å². The summed E-state index contributed by atoms with van der Waals surface area (Å²) in [6.07, 6.45) is 6.23. The molecule has 1 aliphatic rings. The third-order valence-electron chi connectivity index (χ3n) is 3.63. The molecular formula is C14H15BrN4O. The van der Waals surface area contributed by atoms with E-state index in [-0.39, 0.29) is 5.84 Å². The molecule has 5 nitrogen and oxygen atoms in total. The fraction of sp³-hybridized carbons (Fsp3) is 0.286. The summed E-state index contributed by atoms with van der Waals surface area (Å²) in [5, 5.41) is 12.1. The highest BCUT2D eigenvalue weighted by atomic mass is 79.9. The first-order chi connectivity index (χ1) is 9.70. The Labute approximate surface area is 125 Å². The van der Waals surface area contributed by atoms with Crippen LogP contribution in [0.4, 0.5) is 0 Å². The molecule has 2 aromatic rings. The molecule has 104 valence electrons. The van der Waals surface area contributed by atoms with Crippen molar-refractivity contribution < 1.29 is 5.21 Å². The van der Waals surface area contributed by atoms with Crippen molar-refractivity contribution in [3.05, 3.63) is 46.0 Å². The maximum absolute atomic E-state index is 8.96. The number of halogens is 1. The fourth-order valence-corrected chi connectivity index (χ4v) is 3.02. The average molecular weight is 335 g/mol. The minimum Gasteiger partial charge on any atom is -0.409 e. The lowest BCUT2D eigenvalue weighted by molar-refractivity contribution is 0.318. The Hall–Kier alpha value is -1.82. The number of nitrogens with two attached hydrogens (primary N) is 1. The lowest BCUT2D eigenvalue weighted by atomic mass is 10.0. The van der Waals surface area contributed by atoms with Gasteiger partial charge >= 0.3 is 0 Å². The van der Waals surface area contributed by atoms with Gasteiger partial charge in [0, 0.05) is 15.7 Å². The van der Waals surface area contributed by atoms with E-state index in [0.29, 0.717) is 5.56 Å². The summed E-state index contributed by atoms with van der Waals surface area (Å²) in [7, 11) is 0. The molecular weight excluding hydrogens is 320 g/mol. The molecule has 0 spiro atoms. The van der Waals surface area contributed by atoms with E-state index in [1.54, 1.807) is 0 Å². The van der Waals surface area contributed by atoms with Crippen molar-refractivity contribution in [1.82, 2.24) is 9.55 Å². The molecule has 0 saturated carbocycles. The van der Waals surface area contributed by atoms with Crippen molar-refractivity contribution in [1.29, 1.82) is 0 Å². The largest absolute Gasteiger partial charge is 0.409 e. The van der Waals surface area contributed by atoms with Gasteiger partial charge in [0.1, 0.15) is 0 Å². The van der Waals surface area contributed by atoms with Crippen LogP contribution in [0.1, 0.15) is 29.8 Å². The highest BCUT2D eigenvalue weighted by Gasteiger charge is 2.18. The van der Waals surface area contributed by atoms with Gasteiger partial charge in [0.05, 0.1) is 17.7 Å². The number of hydrogen-bond donors (Lipinski definition) is 2. The van der Waals surface area contributed by atoms with Gasteiger partial charge in [-0.25, -0.2) is 4.98 Å². The number of oxime groups is 1. The van der Waals surface area contributed by atoms with Gasteiger partial charge in [0.2, 0.25) is 0 Å². The average Bonchev–Trinajstić information content (AvgIpc) is 2.90. The van der Waals surface area contributed by atoms with Crippen molar-refractivity contribution in [3.63, 3.8) is 0 Å². The second-order valence-electron chi connectivity index (χ2n) is 4.86. The summed E-state index contributed by atoms with van der Waals surface area (Å²) < 4.78 is 2.94. The first-order valence-electron chi connectivity index (χ1n) is 6.53. The second kappa shape index (κ2) is 5.28. The number of benzene rings is 1. The molecule has 20 heavy (non-hydrogen) atoms. The maximum atomic E-state index is 8.96. The third kappa shape index (κ3) is 2.20. The van der Waals surface area contributed by atoms with Gasteiger partial charge < -0.3 is 15.5 Å². The Morgan fingerprint density at radius 2 is 2.15 bits per heavy atom. The van der Waals surface area contributed by atoms with E-state index in [9.17, 15) is 0 Å². The van der Waals surface area contributed by atoms with Gasteiger partial charge in [0.25, 0.3) is 0 Å². The lowest BCUT2D eigenvalue weighted by Crippen LogP contribution is -2.17. The third-order valence-corrected chi connectivity index (χ3v) is 4.13. The summed E-state index contributed by atoms with van der Waals surface area (Å²) in [6, 6.07) is 5.74. The van der Waals surface area contributed by atoms with Crippen LogP contribution >= 0.6 is 15.9 Å². The number of aryl methyl sites for hydroxylation is 1. The van der Waals surface area contributed by atoms with Crippen LogP contribution in [-0.4, -0.2) is 20.6 Å². The van der Waals surface area contributed by atoms with E-state index in [2.05, 4.69) is 26.1 Å². The molecule has 0 bridgehead atoms. The summed E-state index contributed by atoms with van der Waals surface area (Å²) in [6.45, 7) is 0. The Morgan fingerprint density at radius 1 is 1.35 bits per heavy atom. The first kappa shape index (κ1) is 13.2. The smallest absolute Gasteiger partial charge is 0.172 e. The van der Waals surface area contributed by atoms with Gasteiger partial charge in [-0.3, -0.25) is 0 Å². The molecule has 1 aromatic carbocycles. The van der Waals surface area contributed by atoms with E-state index in [4.69, 9.17) is 10.9 Å². The summed E-state index contributed by atoms with van der Waals surface area (Å²) in [5.74, 6) is 0.0968. The summed E-state index contributed by atoms with van der Waals surface area (Å²) in [4.78, 5) is 4.49. The van der Waals surface area contributed by atoms with Crippen LogP contribution in [0.2, 0.25) is 0 Å². The van der Waals surface area contributed by atoms with Crippen molar-refractivity contribution in [2.24, 2.45) is 10.9 Å². The zero-order valence-electron chi connectivity index (χ0n) is 10.9. The van der Waals surface area contributed by atoms with Gasteiger partial charge in [-0.1, -0.05) is 21.1 Å². The standard InChI is InChI=1S/C14H15BrN4O/c15-9-5-6-12(10(7-9)14(16)18-20)19-8-17-11-3-1-2-4-13(11)19/h5-8,20H,1-4H2,(H2,16,18). The van der Waals surface area contributed by atoms with E-state index in [1.165, 1.54) is 18.5 Å². The molecule has 0 unspecified atom stereocenters. The Bertz CT molecular complexity index is 678. The SMILES string of the molecule is N/C(=N/O)c1cc(Br)ccc1-n1cnc2c1CCCC2. The van der Waals surface area contributed by atoms with Crippen LogP contribution in [-0.2, 0) is 12.8 Å². The van der Waals surface area contributed by atoms with Gasteiger partial charge in [0.15, 0.2) is 5.84 Å². The van der Waals surface area contributed by atoms with E-state index >= 15 is 0 Å². The van der Waals surface area contributed by atoms with E-state index in [1.807, 2.05) is 29.1 Å². The topological polar surface area (TPSA) is 76.4 Å². The highest BCUT2D eigenvalue weighted by molar-refractivity contribution is 9.10. The predicted octanol–water partition coefficient (Wildman–Crippen LogP) is 2.61. The zero-order valence-corrected chi connectivity index (χ0v) is 12.5. The van der Waals surface area contributed by atoms with E-state index < -0.39 is 0 Å². The lowest BCUT2D eigenvalue weighted by Gasteiger charge is -2.16. The number of fused-ring (bicyclic) bond motifs is 1. The molecule has 3 N–H and O–H groups in total. The Morgan fingerprint density at radius 3 is 2.95 bits per heavy atom. The number of aromatic nitrogens is 2. The van der Waals surface area contributed by atoms with Crippen molar-refractivity contribution in [2.75, 3.05) is 0 Å². The number of rotatable bonds is 2. The minimum absolute atomic E-state index is 0.0968. The van der Waals surface area contributed by atoms with Crippen LogP contribution in [0.3, 0.4) is 0 Å². The zero-order chi connectivity index (χ0) is 14.1. The second-order valence-corrected chi connectivity index (χ2v) is 5.78. The number of imidazole rings is 1. The normalized spacial score (nSPS) is 15.2. The van der Waals surface area contributed by atoms with Crippen molar-refractivity contribution in [3.8, 4) is 5.69 Å². The molecule has 0 fully saturated rings. The van der Waals surface area contributed by atoms with Crippen LogP contribution in [0.5, 0.6) is 0 Å². The van der Waals surface area contributed by atoms with Crippen LogP contribution < -0.4 is 5.73 Å². The number of nitrogens with zero attached hydrogens (tertiary/aromatic N) is 3. The monoisotopic (exact) mass is 334 g/mol. The van der Waals surface area contributed by atoms with Crippen molar-refractivity contribution in [2.45, 2.75) is 25.7 Å². The van der Waals surface area contributed by atoms with Crippen molar-refractivity contribution >= 4 is 21.8 Å². The maximum Gasteiger partial charge on any atom is 0.172 e. The van der Waals surface area contributed by atoms with E-state index in [0.717, 1.165) is 28.7 Å². The summed E-state index contributed by atoms with van der Waals surface area (Å²) >= 11 is 3.41. The van der Waals surface area contributed by atoms with Crippen LogP contribution in [0.25, 0.3) is 5.69 Å². The molecule has 0 atom stereocenters. The fourth-order valence-electron chi connectivity index (χ4n) is 2.65. The first-order valence-corrected chi connectivity index (χ1v) is 7.33. The quantitative estimate of drug-likeness (QED) is 0.383. The van der Waals surface area contributed by atoms with Gasteiger partial charge in [-0.15, -0.1) is 0 Å². The molecule has 6 heteroatoms. The van der Waals surface area contributed by atoms with Crippen LogP contribution in [0, 0.1) is 0 Å². The molecule has 0 aliphatic heterocycles. The molecule has 1 aliphatic carbocycles. The van der Waals surface area contributed by atoms with Gasteiger partial charge in [-0.2, -0.15) is 0 Å². The number of hydrogen-bond acceptors (Lipinski definition) is 3. The molecule has 1 aromatic heterocycles. The molecule has 3 rings (SSSR count). The minimum atomic E-state index is 0.0968. The Kier molecular flexibility index (Phi) is 3.48. The molecule has 0 saturated heterocycles. The molecule has 0 amide bonds. The number of amidine groups is 1. The molecule has 0 radical (unpaired) electrons. The summed E-state index contributed by atoms with van der Waals surface area (Å²) in [5.41, 5.74) is 9.75. The molecule has 1 heterocycles. The van der Waals surface area contributed by atoms with Crippen LogP contribution in [0.15, 0.2) is 34.2 Å². The highest BCUT2D eigenvalue weighted by Crippen LogP contribution is 2.26.